The Kier molecular flexibility index (Phi) is 9.56. The zero-order valence-corrected chi connectivity index (χ0v) is 9.10. The molecule has 0 fully saturated rings. The maximum Gasteiger partial charge on any atom is 0.00417 e. The van der Waals surface area contributed by atoms with Gasteiger partial charge in [-0.3, -0.25) is 0 Å². The summed E-state index contributed by atoms with van der Waals surface area (Å²) in [6, 6.07) is 0.402. The van der Waals surface area contributed by atoms with E-state index in [1.165, 1.54) is 38.5 Å². The lowest BCUT2D eigenvalue weighted by Gasteiger charge is -2.09. The summed E-state index contributed by atoms with van der Waals surface area (Å²) in [7, 11) is 0. The molecule has 13 heavy (non-hydrogen) atoms. The topological polar surface area (TPSA) is 26.0 Å². The third kappa shape index (κ3) is 9.62. The molecule has 0 saturated carbocycles. The van der Waals surface area contributed by atoms with Crippen LogP contribution in [0.1, 0.15) is 58.3 Å². The number of allylic oxidation sites excluding steroid dienone is 1. The van der Waals surface area contributed by atoms with Gasteiger partial charge in [-0.1, -0.05) is 45.1 Å². The van der Waals surface area contributed by atoms with Crippen molar-refractivity contribution >= 4 is 0 Å². The van der Waals surface area contributed by atoms with Crippen molar-refractivity contribution in [3.05, 3.63) is 12.7 Å². The van der Waals surface area contributed by atoms with Crippen LogP contribution in [0.5, 0.6) is 0 Å². The molecule has 0 aromatic rings. The lowest BCUT2D eigenvalue weighted by molar-refractivity contribution is 0.519. The van der Waals surface area contributed by atoms with Gasteiger partial charge in [0.1, 0.15) is 0 Å². The van der Waals surface area contributed by atoms with E-state index < -0.39 is 0 Å². The summed E-state index contributed by atoms with van der Waals surface area (Å²) in [5.41, 5.74) is 5.93. The van der Waals surface area contributed by atoms with E-state index in [2.05, 4.69) is 13.5 Å². The SMILES string of the molecule is C=CCCC(N)CCCCCCC. The minimum Gasteiger partial charge on any atom is -0.328 e. The number of unbranched alkanes of at least 4 members (excludes halogenated alkanes) is 4. The first kappa shape index (κ1) is 12.7. The van der Waals surface area contributed by atoms with Crippen molar-refractivity contribution in [1.29, 1.82) is 0 Å². The van der Waals surface area contributed by atoms with Gasteiger partial charge in [-0.2, -0.15) is 0 Å². The molecule has 0 aliphatic heterocycles. The average Bonchev–Trinajstić information content (AvgIpc) is 2.14. The van der Waals surface area contributed by atoms with Crippen LogP contribution in [0.25, 0.3) is 0 Å². The molecule has 0 rings (SSSR count). The Morgan fingerprint density at radius 1 is 1.15 bits per heavy atom. The maximum atomic E-state index is 5.93. The van der Waals surface area contributed by atoms with Gasteiger partial charge in [0.15, 0.2) is 0 Å². The molecule has 0 spiro atoms. The highest BCUT2D eigenvalue weighted by Gasteiger charge is 1.99. The Morgan fingerprint density at radius 3 is 2.46 bits per heavy atom. The van der Waals surface area contributed by atoms with Crippen molar-refractivity contribution in [3.8, 4) is 0 Å². The van der Waals surface area contributed by atoms with Crippen molar-refractivity contribution in [2.45, 2.75) is 64.3 Å². The Morgan fingerprint density at radius 2 is 1.85 bits per heavy atom. The number of hydrogen-bond donors (Lipinski definition) is 1. The predicted octanol–water partition coefficient (Wildman–Crippen LogP) is 3.64. The molecule has 0 aliphatic carbocycles. The summed E-state index contributed by atoms with van der Waals surface area (Å²) in [4.78, 5) is 0. The molecule has 0 aliphatic rings. The van der Waals surface area contributed by atoms with Gasteiger partial charge in [0, 0.05) is 6.04 Å². The van der Waals surface area contributed by atoms with Crippen LogP contribution in [-0.4, -0.2) is 6.04 Å². The molecule has 1 unspecified atom stereocenters. The van der Waals surface area contributed by atoms with Crippen LogP contribution < -0.4 is 5.73 Å². The molecule has 2 N–H and O–H groups in total. The van der Waals surface area contributed by atoms with Gasteiger partial charge in [-0.25, -0.2) is 0 Å². The normalized spacial score (nSPS) is 12.8. The van der Waals surface area contributed by atoms with Crippen molar-refractivity contribution < 1.29 is 0 Å². The van der Waals surface area contributed by atoms with Crippen LogP contribution in [0.2, 0.25) is 0 Å². The molecule has 0 bridgehead atoms. The van der Waals surface area contributed by atoms with Gasteiger partial charge in [-0.15, -0.1) is 6.58 Å². The number of rotatable bonds is 9. The van der Waals surface area contributed by atoms with E-state index in [1.54, 1.807) is 0 Å². The summed E-state index contributed by atoms with van der Waals surface area (Å²) in [5.74, 6) is 0. The van der Waals surface area contributed by atoms with Crippen molar-refractivity contribution in [1.82, 2.24) is 0 Å². The number of hydrogen-bond acceptors (Lipinski definition) is 1. The first-order chi connectivity index (χ1) is 6.31. The Hall–Kier alpha value is -0.300. The molecule has 1 atom stereocenters. The first-order valence-electron chi connectivity index (χ1n) is 5.67. The highest BCUT2D eigenvalue weighted by molar-refractivity contribution is 4.71. The second-order valence-electron chi connectivity index (χ2n) is 3.83. The standard InChI is InChI=1S/C12H25N/c1-3-5-7-8-9-11-12(13)10-6-4-2/h4,12H,2-3,5-11,13H2,1H3. The minimum absolute atomic E-state index is 0.402. The Labute approximate surface area is 83.4 Å². The zero-order valence-electron chi connectivity index (χ0n) is 9.10. The van der Waals surface area contributed by atoms with E-state index in [-0.39, 0.29) is 0 Å². The molecule has 1 heteroatoms. The van der Waals surface area contributed by atoms with Gasteiger partial charge < -0.3 is 5.73 Å². The van der Waals surface area contributed by atoms with Crippen LogP contribution in [0, 0.1) is 0 Å². The Balaban J connectivity index is 3.07. The van der Waals surface area contributed by atoms with Crippen LogP contribution in [0.4, 0.5) is 0 Å². The van der Waals surface area contributed by atoms with E-state index in [9.17, 15) is 0 Å². The van der Waals surface area contributed by atoms with E-state index in [0.29, 0.717) is 6.04 Å². The zero-order chi connectivity index (χ0) is 9.94. The summed E-state index contributed by atoms with van der Waals surface area (Å²) in [6.45, 7) is 5.94. The molecular weight excluding hydrogens is 158 g/mol. The lowest BCUT2D eigenvalue weighted by Crippen LogP contribution is -2.19. The predicted molar refractivity (Wildman–Crippen MR) is 60.8 cm³/mol. The molecular formula is C12H25N. The molecule has 78 valence electrons. The van der Waals surface area contributed by atoms with Gasteiger partial charge in [0.2, 0.25) is 0 Å². The molecule has 0 radical (unpaired) electrons. The second kappa shape index (κ2) is 9.79. The lowest BCUT2D eigenvalue weighted by atomic mass is 10.0. The summed E-state index contributed by atoms with van der Waals surface area (Å²) >= 11 is 0. The fourth-order valence-corrected chi connectivity index (χ4v) is 1.49. The van der Waals surface area contributed by atoms with Crippen LogP contribution in [0.15, 0.2) is 12.7 Å². The molecule has 0 heterocycles. The van der Waals surface area contributed by atoms with Gasteiger partial charge in [0.05, 0.1) is 0 Å². The van der Waals surface area contributed by atoms with Crippen LogP contribution >= 0.6 is 0 Å². The van der Waals surface area contributed by atoms with Gasteiger partial charge in [-0.05, 0) is 19.3 Å². The Bertz CT molecular complexity index is 110. The van der Waals surface area contributed by atoms with Crippen molar-refractivity contribution in [2.24, 2.45) is 5.73 Å². The molecule has 0 amide bonds. The van der Waals surface area contributed by atoms with Crippen molar-refractivity contribution in [2.75, 3.05) is 0 Å². The minimum atomic E-state index is 0.402. The van der Waals surface area contributed by atoms with E-state index in [4.69, 9.17) is 5.73 Å². The third-order valence-corrected chi connectivity index (χ3v) is 2.42. The van der Waals surface area contributed by atoms with Gasteiger partial charge >= 0.3 is 0 Å². The number of nitrogens with two attached hydrogens (primary N) is 1. The fraction of sp³-hybridized carbons (Fsp3) is 0.833. The smallest absolute Gasteiger partial charge is 0.00417 e. The molecule has 0 aromatic carbocycles. The molecule has 1 nitrogen and oxygen atoms in total. The first-order valence-corrected chi connectivity index (χ1v) is 5.67. The van der Waals surface area contributed by atoms with E-state index in [0.717, 1.165) is 12.8 Å². The monoisotopic (exact) mass is 183 g/mol. The highest BCUT2D eigenvalue weighted by Crippen LogP contribution is 2.08. The maximum absolute atomic E-state index is 5.93. The van der Waals surface area contributed by atoms with Crippen LogP contribution in [0.3, 0.4) is 0 Å². The van der Waals surface area contributed by atoms with Gasteiger partial charge in [0.25, 0.3) is 0 Å². The quantitative estimate of drug-likeness (QED) is 0.428. The highest BCUT2D eigenvalue weighted by atomic mass is 14.6. The summed E-state index contributed by atoms with van der Waals surface area (Å²) in [5, 5.41) is 0. The van der Waals surface area contributed by atoms with E-state index in [1.807, 2.05) is 6.08 Å². The molecule has 0 saturated heterocycles. The summed E-state index contributed by atoms with van der Waals surface area (Å²) in [6.07, 6.45) is 12.1. The van der Waals surface area contributed by atoms with Crippen LogP contribution in [-0.2, 0) is 0 Å². The third-order valence-electron chi connectivity index (χ3n) is 2.42. The molecule has 0 aromatic heterocycles. The summed E-state index contributed by atoms with van der Waals surface area (Å²) < 4.78 is 0. The second-order valence-corrected chi connectivity index (χ2v) is 3.83. The van der Waals surface area contributed by atoms with E-state index >= 15 is 0 Å². The average molecular weight is 183 g/mol. The van der Waals surface area contributed by atoms with Crippen molar-refractivity contribution in [3.63, 3.8) is 0 Å². The largest absolute Gasteiger partial charge is 0.328 e. The fourth-order valence-electron chi connectivity index (χ4n) is 1.49.